The molecule has 4 atom stereocenters. The summed E-state index contributed by atoms with van der Waals surface area (Å²) in [4.78, 5) is 23.7. The third kappa shape index (κ3) is 7.94. The Kier molecular flexibility index (Phi) is 11.0. The van der Waals surface area contributed by atoms with Crippen LogP contribution in [0.2, 0.25) is 0 Å². The largest absolute Gasteiger partial charge is 0.465 e. The Balaban J connectivity index is 1.75. The summed E-state index contributed by atoms with van der Waals surface area (Å²) in [5.41, 5.74) is 3.07. The van der Waals surface area contributed by atoms with Gasteiger partial charge in [-0.25, -0.2) is 4.79 Å². The number of ether oxygens (including phenoxy) is 3. The van der Waals surface area contributed by atoms with Crippen molar-refractivity contribution in [2.75, 3.05) is 36.6 Å². The van der Waals surface area contributed by atoms with E-state index in [0.29, 0.717) is 17.2 Å². The number of aliphatic hydroxyl groups is 2. The zero-order valence-electron chi connectivity index (χ0n) is 20.5. The van der Waals surface area contributed by atoms with Gasteiger partial charge in [-0.15, -0.1) is 0 Å². The molecule has 1 heterocycles. The minimum Gasteiger partial charge on any atom is -0.465 e. The van der Waals surface area contributed by atoms with E-state index in [1.54, 1.807) is 36.9 Å². The van der Waals surface area contributed by atoms with Crippen LogP contribution in [0.15, 0.2) is 48.5 Å². The predicted molar refractivity (Wildman–Crippen MR) is 137 cm³/mol. The first-order valence-corrected chi connectivity index (χ1v) is 13.1. The Morgan fingerprint density at radius 2 is 1.86 bits per heavy atom. The average Bonchev–Trinajstić information content (AvgIpc) is 2.89. The summed E-state index contributed by atoms with van der Waals surface area (Å²) in [7, 11) is 0. The first kappa shape index (κ1) is 27.9. The Hall–Kier alpha value is -2.63. The van der Waals surface area contributed by atoms with Gasteiger partial charge in [0.05, 0.1) is 32.0 Å². The van der Waals surface area contributed by atoms with E-state index in [1.165, 1.54) is 0 Å². The van der Waals surface area contributed by atoms with Crippen molar-refractivity contribution >= 4 is 29.4 Å². The molecule has 0 bridgehead atoms. The van der Waals surface area contributed by atoms with E-state index in [-0.39, 0.29) is 44.5 Å². The highest BCUT2D eigenvalue weighted by atomic mass is 32.2. The molecule has 2 amide bonds. The molecule has 10 heteroatoms. The Labute approximate surface area is 215 Å². The Morgan fingerprint density at radius 1 is 1.08 bits per heavy atom. The third-order valence-corrected chi connectivity index (χ3v) is 6.79. The lowest BCUT2D eigenvalue weighted by Gasteiger charge is -2.41. The van der Waals surface area contributed by atoms with Gasteiger partial charge in [0.25, 0.3) is 0 Å². The van der Waals surface area contributed by atoms with Gasteiger partial charge in [-0.05, 0) is 30.2 Å². The molecule has 4 N–H and O–H groups in total. The lowest BCUT2D eigenvalue weighted by Crippen LogP contribution is -2.38. The van der Waals surface area contributed by atoms with Crippen molar-refractivity contribution in [2.45, 2.75) is 39.0 Å². The number of rotatable bonds is 11. The number of anilines is 1. The summed E-state index contributed by atoms with van der Waals surface area (Å²) in [6, 6.07) is 14.3. The van der Waals surface area contributed by atoms with E-state index < -0.39 is 18.3 Å². The Bertz CT molecular complexity index is 989. The molecule has 4 unspecified atom stereocenters. The second-order valence-electron chi connectivity index (χ2n) is 8.36. The van der Waals surface area contributed by atoms with E-state index in [9.17, 15) is 19.8 Å². The number of benzene rings is 2. The number of hydrogen-bond donors (Lipinski definition) is 4. The number of aliphatic hydroxyl groups excluding tert-OH is 2. The maximum atomic E-state index is 12.2. The highest BCUT2D eigenvalue weighted by Gasteiger charge is 2.38. The van der Waals surface area contributed by atoms with E-state index in [1.807, 2.05) is 30.3 Å². The van der Waals surface area contributed by atoms with E-state index in [2.05, 4.69) is 17.6 Å². The summed E-state index contributed by atoms with van der Waals surface area (Å²) in [6.45, 7) is 3.87. The number of esters is 1. The SMILES string of the molecule is CCOC(=O)CNC(=O)Nc1cccc(C2OC(CSCCO)C(C)C(c3ccc(CO)cc3)O2)c1. The van der Waals surface area contributed by atoms with Crippen molar-refractivity contribution in [1.82, 2.24) is 5.32 Å². The summed E-state index contributed by atoms with van der Waals surface area (Å²) in [6.07, 6.45) is -1.05. The molecule has 1 fully saturated rings. The number of urea groups is 1. The highest BCUT2D eigenvalue weighted by molar-refractivity contribution is 7.99. The fraction of sp³-hybridized carbons (Fsp3) is 0.462. The van der Waals surface area contributed by atoms with Crippen LogP contribution in [0.1, 0.15) is 42.9 Å². The molecule has 0 radical (unpaired) electrons. The molecule has 1 saturated heterocycles. The van der Waals surface area contributed by atoms with E-state index >= 15 is 0 Å². The fourth-order valence-electron chi connectivity index (χ4n) is 3.88. The lowest BCUT2D eigenvalue weighted by molar-refractivity contribution is -0.268. The molecular formula is C26H34N2O7S. The molecule has 2 aromatic carbocycles. The summed E-state index contributed by atoms with van der Waals surface area (Å²) < 4.78 is 17.6. The smallest absolute Gasteiger partial charge is 0.325 e. The molecule has 0 aromatic heterocycles. The van der Waals surface area contributed by atoms with Crippen molar-refractivity contribution < 1.29 is 34.0 Å². The third-order valence-electron chi connectivity index (χ3n) is 5.76. The molecular weight excluding hydrogens is 484 g/mol. The van der Waals surface area contributed by atoms with Gasteiger partial charge in [-0.3, -0.25) is 4.79 Å². The first-order valence-electron chi connectivity index (χ1n) is 11.9. The van der Waals surface area contributed by atoms with Crippen LogP contribution in [0.25, 0.3) is 0 Å². The van der Waals surface area contributed by atoms with Gasteiger partial charge in [-0.1, -0.05) is 43.3 Å². The maximum absolute atomic E-state index is 12.2. The second kappa shape index (κ2) is 14.2. The number of carbonyl (C=O) groups is 2. The molecule has 1 aliphatic heterocycles. The highest BCUT2D eigenvalue weighted by Crippen LogP contribution is 2.42. The molecule has 2 aromatic rings. The summed E-state index contributed by atoms with van der Waals surface area (Å²) in [5.74, 6) is 0.847. The van der Waals surface area contributed by atoms with E-state index in [4.69, 9.17) is 14.2 Å². The van der Waals surface area contributed by atoms with Crippen molar-refractivity contribution in [3.8, 4) is 0 Å². The molecule has 1 aliphatic rings. The number of thioether (sulfide) groups is 1. The van der Waals surface area contributed by atoms with E-state index in [0.717, 1.165) is 16.7 Å². The summed E-state index contributed by atoms with van der Waals surface area (Å²) >= 11 is 1.62. The van der Waals surface area contributed by atoms with Crippen LogP contribution >= 0.6 is 11.8 Å². The maximum Gasteiger partial charge on any atom is 0.325 e. The van der Waals surface area contributed by atoms with Crippen LogP contribution in [-0.2, 0) is 25.6 Å². The van der Waals surface area contributed by atoms with Gasteiger partial charge in [-0.2, -0.15) is 11.8 Å². The van der Waals surface area contributed by atoms with Gasteiger partial charge < -0.3 is 35.1 Å². The minimum atomic E-state index is -0.673. The topological polar surface area (TPSA) is 126 Å². The minimum absolute atomic E-state index is 0.0271. The van der Waals surface area contributed by atoms with Gasteiger partial charge >= 0.3 is 12.0 Å². The van der Waals surface area contributed by atoms with Crippen LogP contribution in [0.3, 0.4) is 0 Å². The van der Waals surface area contributed by atoms with Crippen molar-refractivity contribution in [1.29, 1.82) is 0 Å². The molecule has 196 valence electrons. The zero-order valence-corrected chi connectivity index (χ0v) is 21.3. The van der Waals surface area contributed by atoms with Gasteiger partial charge in [0.1, 0.15) is 6.54 Å². The zero-order chi connectivity index (χ0) is 25.9. The van der Waals surface area contributed by atoms with Gasteiger partial charge in [0.15, 0.2) is 6.29 Å². The molecule has 0 aliphatic carbocycles. The molecule has 36 heavy (non-hydrogen) atoms. The average molecular weight is 519 g/mol. The monoisotopic (exact) mass is 518 g/mol. The number of hydrogen-bond acceptors (Lipinski definition) is 8. The summed E-state index contributed by atoms with van der Waals surface area (Å²) in [5, 5.41) is 23.8. The van der Waals surface area contributed by atoms with Gasteiger partial charge in [0.2, 0.25) is 0 Å². The molecule has 0 saturated carbocycles. The Morgan fingerprint density at radius 3 is 2.56 bits per heavy atom. The fourth-order valence-corrected chi connectivity index (χ4v) is 4.79. The molecule has 9 nitrogen and oxygen atoms in total. The van der Waals surface area contributed by atoms with Crippen molar-refractivity contribution in [3.63, 3.8) is 0 Å². The lowest BCUT2D eigenvalue weighted by atomic mass is 9.91. The predicted octanol–water partition coefficient (Wildman–Crippen LogP) is 3.38. The van der Waals surface area contributed by atoms with Crippen molar-refractivity contribution in [2.24, 2.45) is 5.92 Å². The van der Waals surface area contributed by atoms with Crippen molar-refractivity contribution in [3.05, 3.63) is 65.2 Å². The van der Waals surface area contributed by atoms with Crippen LogP contribution in [0, 0.1) is 5.92 Å². The quantitative estimate of drug-likeness (QED) is 0.263. The number of amides is 2. The van der Waals surface area contributed by atoms with Gasteiger partial charge in [0, 0.05) is 28.7 Å². The number of nitrogens with one attached hydrogen (secondary N) is 2. The number of carbonyl (C=O) groups excluding carboxylic acids is 2. The van der Waals surface area contributed by atoms with Crippen LogP contribution in [0.5, 0.6) is 0 Å². The molecule has 0 spiro atoms. The van der Waals surface area contributed by atoms with Crippen LogP contribution in [-0.4, -0.2) is 59.6 Å². The second-order valence-corrected chi connectivity index (χ2v) is 9.51. The molecule has 3 rings (SSSR count). The van der Waals surface area contributed by atoms with Crippen LogP contribution in [0.4, 0.5) is 10.5 Å². The standard InChI is InChI=1S/C26H34N2O7S/c1-3-33-23(31)14-27-26(32)28-21-6-4-5-20(13-21)25-34-22(16-36-12-11-29)17(2)24(35-25)19-9-7-18(15-30)8-10-19/h4-10,13,17,22,24-25,29-30H,3,11-12,14-16H2,1-2H3,(H2,27,28,32). The first-order chi connectivity index (χ1) is 17.4. The normalized spacial score (nSPS) is 21.6. The van der Waals surface area contributed by atoms with Crippen LogP contribution < -0.4 is 10.6 Å².